The summed E-state index contributed by atoms with van der Waals surface area (Å²) in [6.07, 6.45) is -2.36. The Kier molecular flexibility index (Phi) is 4.23. The van der Waals surface area contributed by atoms with Crippen molar-refractivity contribution >= 4 is 44.7 Å². The Hall–Kier alpha value is -1.05. The van der Waals surface area contributed by atoms with Gasteiger partial charge in [-0.2, -0.15) is 0 Å². The van der Waals surface area contributed by atoms with Gasteiger partial charge in [0.1, 0.15) is 0 Å². The van der Waals surface area contributed by atoms with E-state index in [1.165, 1.54) is 0 Å². The molecule has 0 radical (unpaired) electrons. The predicted octanol–water partition coefficient (Wildman–Crippen LogP) is 3.02. The first-order chi connectivity index (χ1) is 10.2. The van der Waals surface area contributed by atoms with E-state index in [0.717, 1.165) is 5.30 Å². The molecule has 0 aromatic heterocycles. The number of carbonyl (C=O) groups is 1. The molecule has 1 aliphatic heterocycles. The van der Waals surface area contributed by atoms with Crippen molar-refractivity contribution in [2.24, 2.45) is 0 Å². The molecule has 1 heterocycles. The summed E-state index contributed by atoms with van der Waals surface area (Å²) in [4.78, 5) is 12.8. The minimum atomic E-state index is -2.36. The van der Waals surface area contributed by atoms with Crippen LogP contribution in [0.3, 0.4) is 0 Å². The molecule has 2 aromatic rings. The van der Waals surface area contributed by atoms with Crippen molar-refractivity contribution in [1.82, 2.24) is 4.67 Å². The molecule has 2 aromatic carbocycles. The zero-order valence-corrected chi connectivity index (χ0v) is 14.5. The molecule has 3 nitrogen and oxygen atoms in total. The molecule has 0 spiro atoms. The molecule has 6 heteroatoms. The van der Waals surface area contributed by atoms with Crippen LogP contribution in [-0.4, -0.2) is 38.6 Å². The first kappa shape index (κ1) is 14.9. The van der Waals surface area contributed by atoms with Crippen molar-refractivity contribution < 1.29 is 9.32 Å². The number of hydrogen-bond donors (Lipinski definition) is 0. The van der Waals surface area contributed by atoms with Gasteiger partial charge in [0, 0.05) is 0 Å². The summed E-state index contributed by atoms with van der Waals surface area (Å²) >= 11 is 9.05. The van der Waals surface area contributed by atoms with Crippen LogP contribution < -0.4 is 9.83 Å². The Bertz CT molecular complexity index is 670. The van der Waals surface area contributed by atoms with Gasteiger partial charge in [-0.05, 0) is 0 Å². The van der Waals surface area contributed by atoms with Gasteiger partial charge in [0.2, 0.25) is 0 Å². The molecule has 0 aliphatic carbocycles. The van der Waals surface area contributed by atoms with Crippen molar-refractivity contribution in [1.29, 1.82) is 0 Å². The summed E-state index contributed by atoms with van der Waals surface area (Å²) in [6, 6.07) is 17.1. The van der Waals surface area contributed by atoms with Gasteiger partial charge < -0.3 is 0 Å². The molecule has 1 aliphatic rings. The molecule has 1 atom stereocenters. The maximum absolute atomic E-state index is 12.8. The second kappa shape index (κ2) is 5.98. The van der Waals surface area contributed by atoms with E-state index >= 15 is 0 Å². The summed E-state index contributed by atoms with van der Waals surface area (Å²) in [5.41, 5.74) is 0.587. The molecule has 0 saturated carbocycles. The first-order valence-corrected chi connectivity index (χ1v) is 10.9. The van der Waals surface area contributed by atoms with Crippen LogP contribution in [0.4, 0.5) is 0 Å². The van der Waals surface area contributed by atoms with E-state index in [9.17, 15) is 4.79 Å². The second-order valence-corrected chi connectivity index (χ2v) is 10.3. The Morgan fingerprint density at radius 2 is 1.76 bits per heavy atom. The number of alkyl halides is 1. The molecule has 0 fully saturated rings. The van der Waals surface area contributed by atoms with Crippen molar-refractivity contribution in [3.05, 3.63) is 60.2 Å². The fourth-order valence-electron chi connectivity index (χ4n) is 2.29. The van der Waals surface area contributed by atoms with Crippen molar-refractivity contribution in [2.75, 3.05) is 12.4 Å². The Balaban J connectivity index is 2.13. The molecule has 21 heavy (non-hydrogen) atoms. The van der Waals surface area contributed by atoms with E-state index in [-0.39, 0.29) is 5.91 Å². The zero-order valence-electron chi connectivity index (χ0n) is 11.1. The van der Waals surface area contributed by atoms with Gasteiger partial charge in [-0.1, -0.05) is 0 Å². The number of fused-ring (bicyclic) bond motifs is 1. The number of amides is 1. The molecule has 0 bridgehead atoms. The number of para-hydroxylation sites is 1. The van der Waals surface area contributed by atoms with Crippen LogP contribution in [0, 0.1) is 0 Å². The molecule has 1 amide bonds. The fourth-order valence-corrected chi connectivity index (χ4v) is 6.99. The summed E-state index contributed by atoms with van der Waals surface area (Å²) in [5.74, 6) is 0.964. The van der Waals surface area contributed by atoms with Crippen molar-refractivity contribution in [3.63, 3.8) is 0 Å². The average molecular weight is 385 g/mol. The standard InChI is InChI=1S/C15H13ClNO2PSe/c16-10-11-17-15(18)13-8-4-5-9-14(13)19-20(17,21)12-6-2-1-3-7-12/h1-9H,10-11H2. The van der Waals surface area contributed by atoms with E-state index < -0.39 is 6.33 Å². The minimum absolute atomic E-state index is 0.0339. The van der Waals surface area contributed by atoms with Gasteiger partial charge in [-0.3, -0.25) is 0 Å². The topological polar surface area (TPSA) is 29.5 Å². The van der Waals surface area contributed by atoms with Crippen molar-refractivity contribution in [2.45, 2.75) is 0 Å². The Labute approximate surface area is 137 Å². The van der Waals surface area contributed by atoms with E-state index in [4.69, 9.17) is 16.1 Å². The molecule has 1 unspecified atom stereocenters. The molecule has 3 rings (SSSR count). The molecule has 0 N–H and O–H groups in total. The van der Waals surface area contributed by atoms with E-state index in [0.29, 0.717) is 23.7 Å². The summed E-state index contributed by atoms with van der Waals surface area (Å²) in [7, 11) is 0. The van der Waals surface area contributed by atoms with Crippen LogP contribution in [0.1, 0.15) is 10.4 Å². The average Bonchev–Trinajstić information content (AvgIpc) is 2.52. The zero-order chi connectivity index (χ0) is 14.9. The van der Waals surface area contributed by atoms with Crippen LogP contribution in [0.25, 0.3) is 0 Å². The predicted molar refractivity (Wildman–Crippen MR) is 87.6 cm³/mol. The maximum atomic E-state index is 12.8. The van der Waals surface area contributed by atoms with Gasteiger partial charge >= 0.3 is 137 Å². The van der Waals surface area contributed by atoms with Crippen LogP contribution in [0.5, 0.6) is 5.75 Å². The number of nitrogens with zero attached hydrogens (tertiary/aromatic N) is 1. The fraction of sp³-hybridized carbons (Fsp3) is 0.133. The molecular weight excluding hydrogens is 372 g/mol. The summed E-state index contributed by atoms with van der Waals surface area (Å²) in [5, 5.41) is 0.984. The molecule has 108 valence electrons. The third kappa shape index (κ3) is 2.58. The second-order valence-electron chi connectivity index (χ2n) is 4.56. The van der Waals surface area contributed by atoms with Crippen LogP contribution >= 0.6 is 17.9 Å². The number of rotatable bonds is 3. The Morgan fingerprint density at radius 1 is 1.10 bits per heavy atom. The normalized spacial score (nSPS) is 20.9. The van der Waals surface area contributed by atoms with Gasteiger partial charge in [0.15, 0.2) is 0 Å². The third-order valence-electron chi connectivity index (χ3n) is 3.27. The Morgan fingerprint density at radius 3 is 2.48 bits per heavy atom. The molecular formula is C15H13ClNO2PSe. The van der Waals surface area contributed by atoms with E-state index in [1.54, 1.807) is 10.7 Å². The first-order valence-electron chi connectivity index (χ1n) is 6.49. The monoisotopic (exact) mass is 385 g/mol. The van der Waals surface area contributed by atoms with Gasteiger partial charge in [0.25, 0.3) is 0 Å². The number of carbonyl (C=O) groups excluding carboxylic acids is 1. The van der Waals surface area contributed by atoms with Crippen LogP contribution in [0.15, 0.2) is 54.6 Å². The van der Waals surface area contributed by atoms with E-state index in [2.05, 4.69) is 15.6 Å². The van der Waals surface area contributed by atoms with Gasteiger partial charge in [-0.25, -0.2) is 0 Å². The van der Waals surface area contributed by atoms with Gasteiger partial charge in [0.05, 0.1) is 0 Å². The quantitative estimate of drug-likeness (QED) is 0.462. The number of hydrogen-bond acceptors (Lipinski definition) is 2. The SMILES string of the molecule is O=C1c2ccccc2O[P+]([Se-])(c2ccccc2)N1CCCl. The number of benzene rings is 2. The number of halogens is 1. The molecule has 0 saturated heterocycles. The van der Waals surface area contributed by atoms with Crippen LogP contribution in [-0.2, 0) is 0 Å². The van der Waals surface area contributed by atoms with Crippen LogP contribution in [0.2, 0.25) is 0 Å². The van der Waals surface area contributed by atoms with Gasteiger partial charge in [-0.15, -0.1) is 0 Å². The third-order valence-corrected chi connectivity index (χ3v) is 8.89. The summed E-state index contributed by atoms with van der Waals surface area (Å²) < 4.78 is 7.99. The van der Waals surface area contributed by atoms with Crippen molar-refractivity contribution in [3.8, 4) is 5.75 Å². The summed E-state index contributed by atoms with van der Waals surface area (Å²) in [6.45, 7) is 0.449. The van der Waals surface area contributed by atoms with E-state index in [1.807, 2.05) is 48.5 Å².